The van der Waals surface area contributed by atoms with Crippen LogP contribution in [0.15, 0.2) is 16.7 Å². The molecule has 1 aromatic heterocycles. The van der Waals surface area contributed by atoms with Gasteiger partial charge in [-0.25, -0.2) is 0 Å². The summed E-state index contributed by atoms with van der Waals surface area (Å²) in [6.45, 7) is 10.8. The van der Waals surface area contributed by atoms with Crippen molar-refractivity contribution >= 4 is 0 Å². The van der Waals surface area contributed by atoms with E-state index in [2.05, 4.69) is 37.2 Å². The Balaban J connectivity index is 2.09. The molecule has 17 heavy (non-hydrogen) atoms. The topological polar surface area (TPSA) is 28.4 Å². The van der Waals surface area contributed by atoms with E-state index in [0.717, 1.165) is 37.9 Å². The summed E-state index contributed by atoms with van der Waals surface area (Å²) in [7, 11) is 2.15. The SMILES string of the molecule is Cc1occc1CN(C)CCNCCC(C)C. The Bertz CT molecular complexity index is 307. The molecule has 1 N–H and O–H groups in total. The highest BCUT2D eigenvalue weighted by molar-refractivity contribution is 5.14. The zero-order valence-electron chi connectivity index (χ0n) is 11.6. The summed E-state index contributed by atoms with van der Waals surface area (Å²) in [5, 5.41) is 3.48. The van der Waals surface area contributed by atoms with Gasteiger partial charge in [0.1, 0.15) is 5.76 Å². The van der Waals surface area contributed by atoms with Crippen LogP contribution in [0, 0.1) is 12.8 Å². The number of furan rings is 1. The first-order valence-corrected chi connectivity index (χ1v) is 6.52. The molecule has 0 atom stereocenters. The molecule has 0 bridgehead atoms. The van der Waals surface area contributed by atoms with Crippen molar-refractivity contribution in [2.45, 2.75) is 33.7 Å². The second kappa shape index (κ2) is 7.51. The number of hydrogen-bond donors (Lipinski definition) is 1. The standard InChI is InChI=1S/C14H26N2O/c1-12(2)5-7-15-8-9-16(4)11-14-6-10-17-13(14)3/h6,10,12,15H,5,7-9,11H2,1-4H3. The molecule has 0 fully saturated rings. The van der Waals surface area contributed by atoms with Crippen LogP contribution in [0.2, 0.25) is 0 Å². The molecule has 0 aliphatic rings. The van der Waals surface area contributed by atoms with Crippen molar-refractivity contribution in [2.24, 2.45) is 5.92 Å². The van der Waals surface area contributed by atoms with Gasteiger partial charge in [-0.15, -0.1) is 0 Å². The van der Waals surface area contributed by atoms with Gasteiger partial charge in [0.25, 0.3) is 0 Å². The summed E-state index contributed by atoms with van der Waals surface area (Å²) >= 11 is 0. The lowest BCUT2D eigenvalue weighted by Crippen LogP contribution is -2.29. The lowest BCUT2D eigenvalue weighted by molar-refractivity contribution is 0.320. The number of nitrogens with one attached hydrogen (secondary N) is 1. The van der Waals surface area contributed by atoms with Crippen LogP contribution in [0.25, 0.3) is 0 Å². The number of aryl methyl sites for hydroxylation is 1. The van der Waals surface area contributed by atoms with Crippen LogP contribution in [0.3, 0.4) is 0 Å². The van der Waals surface area contributed by atoms with Gasteiger partial charge in [-0.1, -0.05) is 13.8 Å². The van der Waals surface area contributed by atoms with Gasteiger partial charge in [0.15, 0.2) is 0 Å². The molecule has 0 aliphatic carbocycles. The van der Waals surface area contributed by atoms with Gasteiger partial charge in [-0.05, 0) is 38.9 Å². The molecule has 0 saturated heterocycles. The third-order valence-electron chi connectivity index (χ3n) is 2.98. The van der Waals surface area contributed by atoms with Crippen LogP contribution in [0.4, 0.5) is 0 Å². The summed E-state index contributed by atoms with van der Waals surface area (Å²) in [4.78, 5) is 2.32. The predicted octanol–water partition coefficient (Wildman–Crippen LogP) is 2.66. The van der Waals surface area contributed by atoms with Gasteiger partial charge in [-0.3, -0.25) is 0 Å². The largest absolute Gasteiger partial charge is 0.469 e. The molecule has 0 saturated carbocycles. The first kappa shape index (κ1) is 14.3. The van der Waals surface area contributed by atoms with Crippen molar-refractivity contribution in [1.82, 2.24) is 10.2 Å². The Hall–Kier alpha value is -0.800. The lowest BCUT2D eigenvalue weighted by Gasteiger charge is -2.16. The minimum absolute atomic E-state index is 0.786. The average molecular weight is 238 g/mol. The zero-order chi connectivity index (χ0) is 12.7. The smallest absolute Gasteiger partial charge is 0.105 e. The molecule has 0 spiro atoms. The number of nitrogens with zero attached hydrogens (tertiary/aromatic N) is 1. The maximum Gasteiger partial charge on any atom is 0.105 e. The first-order chi connectivity index (χ1) is 8.09. The highest BCUT2D eigenvalue weighted by Crippen LogP contribution is 2.10. The molecule has 0 unspecified atom stereocenters. The highest BCUT2D eigenvalue weighted by Gasteiger charge is 2.04. The first-order valence-electron chi connectivity index (χ1n) is 6.52. The minimum atomic E-state index is 0.786. The van der Waals surface area contributed by atoms with Crippen molar-refractivity contribution in [1.29, 1.82) is 0 Å². The quantitative estimate of drug-likeness (QED) is 0.706. The van der Waals surface area contributed by atoms with Gasteiger partial charge < -0.3 is 14.6 Å². The molecule has 0 aliphatic heterocycles. The van der Waals surface area contributed by atoms with Gasteiger partial charge in [-0.2, -0.15) is 0 Å². The van der Waals surface area contributed by atoms with Crippen molar-refractivity contribution in [3.8, 4) is 0 Å². The van der Waals surface area contributed by atoms with Crippen LogP contribution < -0.4 is 5.32 Å². The van der Waals surface area contributed by atoms with Crippen LogP contribution in [-0.2, 0) is 6.54 Å². The molecule has 0 amide bonds. The molecular formula is C14H26N2O. The fourth-order valence-corrected chi connectivity index (χ4v) is 1.73. The maximum absolute atomic E-state index is 5.29. The van der Waals surface area contributed by atoms with Crippen molar-refractivity contribution in [3.05, 3.63) is 23.7 Å². The molecule has 0 aromatic carbocycles. The van der Waals surface area contributed by atoms with Gasteiger partial charge in [0, 0.05) is 25.2 Å². The second-order valence-corrected chi connectivity index (χ2v) is 5.17. The van der Waals surface area contributed by atoms with E-state index in [0.29, 0.717) is 0 Å². The van der Waals surface area contributed by atoms with E-state index in [1.54, 1.807) is 6.26 Å². The summed E-state index contributed by atoms with van der Waals surface area (Å²) in [5.74, 6) is 1.82. The Morgan fingerprint density at radius 1 is 1.35 bits per heavy atom. The van der Waals surface area contributed by atoms with Crippen LogP contribution in [0.1, 0.15) is 31.6 Å². The molecule has 98 valence electrons. The van der Waals surface area contributed by atoms with Crippen LogP contribution in [-0.4, -0.2) is 31.6 Å². The molecular weight excluding hydrogens is 212 g/mol. The minimum Gasteiger partial charge on any atom is -0.469 e. The normalized spacial score (nSPS) is 11.6. The average Bonchev–Trinajstić information content (AvgIpc) is 2.63. The zero-order valence-corrected chi connectivity index (χ0v) is 11.6. The predicted molar refractivity (Wildman–Crippen MR) is 72.1 cm³/mol. The molecule has 0 radical (unpaired) electrons. The molecule has 1 heterocycles. The Labute approximate surface area is 105 Å². The summed E-state index contributed by atoms with van der Waals surface area (Å²) in [5.41, 5.74) is 1.29. The second-order valence-electron chi connectivity index (χ2n) is 5.17. The Kier molecular flexibility index (Phi) is 6.30. The van der Waals surface area contributed by atoms with E-state index in [9.17, 15) is 0 Å². The van der Waals surface area contributed by atoms with E-state index in [-0.39, 0.29) is 0 Å². The highest BCUT2D eigenvalue weighted by atomic mass is 16.3. The monoisotopic (exact) mass is 238 g/mol. The lowest BCUT2D eigenvalue weighted by atomic mass is 10.1. The molecule has 1 aromatic rings. The number of rotatable bonds is 8. The van der Waals surface area contributed by atoms with Gasteiger partial charge >= 0.3 is 0 Å². The van der Waals surface area contributed by atoms with E-state index < -0.39 is 0 Å². The molecule has 3 nitrogen and oxygen atoms in total. The molecule has 3 heteroatoms. The third kappa shape index (κ3) is 5.89. The van der Waals surface area contributed by atoms with E-state index in [4.69, 9.17) is 4.42 Å². The maximum atomic E-state index is 5.29. The summed E-state index contributed by atoms with van der Waals surface area (Å²) in [6.07, 6.45) is 3.02. The van der Waals surface area contributed by atoms with Gasteiger partial charge in [0.2, 0.25) is 0 Å². The van der Waals surface area contributed by atoms with Crippen molar-refractivity contribution in [2.75, 3.05) is 26.7 Å². The molecule has 1 rings (SSSR count). The summed E-state index contributed by atoms with van der Waals surface area (Å²) in [6, 6.07) is 2.05. The van der Waals surface area contributed by atoms with E-state index in [1.807, 2.05) is 6.92 Å². The van der Waals surface area contributed by atoms with E-state index in [1.165, 1.54) is 12.0 Å². The van der Waals surface area contributed by atoms with E-state index >= 15 is 0 Å². The fourth-order valence-electron chi connectivity index (χ4n) is 1.73. The van der Waals surface area contributed by atoms with Crippen molar-refractivity contribution in [3.63, 3.8) is 0 Å². The number of likely N-dealkylation sites (N-methyl/N-ethyl adjacent to an activating group) is 1. The Morgan fingerprint density at radius 2 is 2.12 bits per heavy atom. The fraction of sp³-hybridized carbons (Fsp3) is 0.714. The van der Waals surface area contributed by atoms with Crippen LogP contribution >= 0.6 is 0 Å². The Morgan fingerprint density at radius 3 is 2.71 bits per heavy atom. The summed E-state index contributed by atoms with van der Waals surface area (Å²) < 4.78 is 5.29. The van der Waals surface area contributed by atoms with Gasteiger partial charge in [0.05, 0.1) is 6.26 Å². The van der Waals surface area contributed by atoms with Crippen molar-refractivity contribution < 1.29 is 4.42 Å². The third-order valence-corrected chi connectivity index (χ3v) is 2.98. The number of hydrogen-bond acceptors (Lipinski definition) is 3. The van der Waals surface area contributed by atoms with Crippen LogP contribution in [0.5, 0.6) is 0 Å².